The molecule has 1 aromatic rings. The van der Waals surface area contributed by atoms with E-state index in [0.29, 0.717) is 19.1 Å². The SMILES string of the molecule is Cc1ccc([C@H](C)[NH+]2CCN(C(=O)CCC(=O)[O-])CC2)c(C)c1. The molecule has 0 spiro atoms. The Bertz CT molecular complexity index is 578. The maximum Gasteiger partial charge on any atom is 0.223 e. The molecule has 1 N–H and O–H groups in total. The molecule has 1 heterocycles. The van der Waals surface area contributed by atoms with Gasteiger partial charge in [0.05, 0.1) is 26.2 Å². The standard InChI is InChI=1S/C18H26N2O3/c1-13-4-5-16(14(2)12-13)15(3)19-8-10-20(11-9-19)17(21)6-7-18(22)23/h4-5,12,15H,6-11H2,1-3H3,(H,22,23)/t15-/m0/s1. The fourth-order valence-corrected chi connectivity index (χ4v) is 3.37. The average molecular weight is 318 g/mol. The number of quaternary nitrogens is 1. The van der Waals surface area contributed by atoms with Gasteiger partial charge in [-0.1, -0.05) is 23.8 Å². The van der Waals surface area contributed by atoms with Gasteiger partial charge in [0.25, 0.3) is 0 Å². The van der Waals surface area contributed by atoms with E-state index in [1.54, 1.807) is 4.90 Å². The molecule has 0 saturated carbocycles. The number of rotatable bonds is 5. The molecular formula is C18H26N2O3. The van der Waals surface area contributed by atoms with Gasteiger partial charge in [-0.2, -0.15) is 0 Å². The van der Waals surface area contributed by atoms with Crippen molar-refractivity contribution in [2.45, 2.75) is 39.7 Å². The number of hydrogen-bond acceptors (Lipinski definition) is 3. The van der Waals surface area contributed by atoms with Gasteiger partial charge >= 0.3 is 0 Å². The second-order valence-corrected chi connectivity index (χ2v) is 6.49. The van der Waals surface area contributed by atoms with Crippen molar-refractivity contribution in [3.8, 4) is 0 Å². The molecule has 126 valence electrons. The van der Waals surface area contributed by atoms with Crippen molar-refractivity contribution in [1.29, 1.82) is 0 Å². The molecule has 1 fully saturated rings. The maximum atomic E-state index is 12.0. The van der Waals surface area contributed by atoms with Crippen LogP contribution in [0.1, 0.15) is 42.5 Å². The molecule has 1 amide bonds. The number of nitrogens with zero attached hydrogens (tertiary/aromatic N) is 1. The Morgan fingerprint density at radius 2 is 1.87 bits per heavy atom. The van der Waals surface area contributed by atoms with E-state index in [9.17, 15) is 14.7 Å². The van der Waals surface area contributed by atoms with Crippen molar-refractivity contribution >= 4 is 11.9 Å². The molecule has 5 heteroatoms. The summed E-state index contributed by atoms with van der Waals surface area (Å²) in [5.74, 6) is -1.24. The van der Waals surface area contributed by atoms with E-state index in [2.05, 4.69) is 39.0 Å². The molecule has 0 radical (unpaired) electrons. The first kappa shape index (κ1) is 17.5. The van der Waals surface area contributed by atoms with Gasteiger partial charge in [-0.3, -0.25) is 4.79 Å². The quantitative estimate of drug-likeness (QED) is 0.805. The van der Waals surface area contributed by atoms with E-state index >= 15 is 0 Å². The Morgan fingerprint density at radius 1 is 1.22 bits per heavy atom. The summed E-state index contributed by atoms with van der Waals surface area (Å²) in [5.41, 5.74) is 3.96. The minimum atomic E-state index is -1.16. The zero-order valence-corrected chi connectivity index (χ0v) is 14.2. The van der Waals surface area contributed by atoms with Crippen LogP contribution >= 0.6 is 0 Å². The first-order valence-corrected chi connectivity index (χ1v) is 8.28. The first-order chi connectivity index (χ1) is 10.9. The van der Waals surface area contributed by atoms with Crippen LogP contribution in [0.3, 0.4) is 0 Å². The van der Waals surface area contributed by atoms with Gasteiger partial charge in [0.2, 0.25) is 5.91 Å². The average Bonchev–Trinajstić information content (AvgIpc) is 2.52. The number of aliphatic carboxylic acids is 1. The molecule has 5 nitrogen and oxygen atoms in total. The van der Waals surface area contributed by atoms with Crippen LogP contribution in [0.4, 0.5) is 0 Å². The summed E-state index contributed by atoms with van der Waals surface area (Å²) in [6.45, 7) is 9.66. The number of benzene rings is 1. The van der Waals surface area contributed by atoms with Gasteiger partial charge in [0.15, 0.2) is 0 Å². The zero-order valence-electron chi connectivity index (χ0n) is 14.2. The topological polar surface area (TPSA) is 64.9 Å². The summed E-state index contributed by atoms with van der Waals surface area (Å²) >= 11 is 0. The zero-order chi connectivity index (χ0) is 17.0. The van der Waals surface area contributed by atoms with Gasteiger partial charge in [0.1, 0.15) is 6.04 Å². The summed E-state index contributed by atoms with van der Waals surface area (Å²) in [5, 5.41) is 10.5. The monoisotopic (exact) mass is 318 g/mol. The van der Waals surface area contributed by atoms with E-state index in [0.717, 1.165) is 13.1 Å². The van der Waals surface area contributed by atoms with Crippen LogP contribution in [0.25, 0.3) is 0 Å². The van der Waals surface area contributed by atoms with Crippen LogP contribution in [-0.2, 0) is 9.59 Å². The van der Waals surface area contributed by atoms with Crippen LogP contribution in [0.5, 0.6) is 0 Å². The summed E-state index contributed by atoms with van der Waals surface area (Å²) in [6, 6.07) is 6.97. The van der Waals surface area contributed by atoms with E-state index in [1.165, 1.54) is 21.6 Å². The summed E-state index contributed by atoms with van der Waals surface area (Å²) < 4.78 is 0. The first-order valence-electron chi connectivity index (χ1n) is 8.28. The van der Waals surface area contributed by atoms with Crippen LogP contribution < -0.4 is 10.0 Å². The second kappa shape index (κ2) is 7.59. The number of piperazine rings is 1. The third kappa shape index (κ3) is 4.55. The van der Waals surface area contributed by atoms with Crippen LogP contribution in [0.15, 0.2) is 18.2 Å². The Balaban J connectivity index is 1.90. The lowest BCUT2D eigenvalue weighted by Crippen LogP contribution is -3.14. The number of amides is 1. The predicted octanol–water partition coefficient (Wildman–Crippen LogP) is -0.378. The van der Waals surface area contributed by atoms with Crippen molar-refractivity contribution in [2.75, 3.05) is 26.2 Å². The molecule has 1 aromatic carbocycles. The summed E-state index contributed by atoms with van der Waals surface area (Å²) in [6.07, 6.45) is -0.144. The van der Waals surface area contributed by atoms with Crippen LogP contribution in [-0.4, -0.2) is 43.0 Å². The summed E-state index contributed by atoms with van der Waals surface area (Å²) in [7, 11) is 0. The maximum absolute atomic E-state index is 12.0. The largest absolute Gasteiger partial charge is 0.550 e. The predicted molar refractivity (Wildman–Crippen MR) is 85.8 cm³/mol. The molecule has 1 saturated heterocycles. The molecule has 0 bridgehead atoms. The van der Waals surface area contributed by atoms with Gasteiger partial charge in [-0.05, 0) is 32.8 Å². The smallest absolute Gasteiger partial charge is 0.223 e. The normalized spacial score (nSPS) is 17.1. The van der Waals surface area contributed by atoms with Crippen molar-refractivity contribution in [2.24, 2.45) is 0 Å². The van der Waals surface area contributed by atoms with Crippen LogP contribution in [0, 0.1) is 13.8 Å². The van der Waals surface area contributed by atoms with Gasteiger partial charge in [-0.25, -0.2) is 0 Å². The Labute approximate surface area is 137 Å². The second-order valence-electron chi connectivity index (χ2n) is 6.49. The lowest BCUT2D eigenvalue weighted by Gasteiger charge is -2.36. The number of carbonyl (C=O) groups excluding carboxylic acids is 2. The molecule has 1 aliphatic rings. The highest BCUT2D eigenvalue weighted by Gasteiger charge is 2.28. The summed E-state index contributed by atoms with van der Waals surface area (Å²) in [4.78, 5) is 25.7. The minimum Gasteiger partial charge on any atom is -0.550 e. The molecule has 0 aromatic heterocycles. The number of carboxylic acids is 1. The molecule has 23 heavy (non-hydrogen) atoms. The van der Waals surface area contributed by atoms with E-state index in [-0.39, 0.29) is 18.7 Å². The van der Waals surface area contributed by atoms with E-state index in [4.69, 9.17) is 0 Å². The molecule has 0 unspecified atom stereocenters. The Hall–Kier alpha value is -1.88. The molecule has 0 aliphatic carbocycles. The third-order valence-corrected chi connectivity index (χ3v) is 4.81. The Kier molecular flexibility index (Phi) is 5.77. The molecular weight excluding hydrogens is 292 g/mol. The molecule has 1 aliphatic heterocycles. The van der Waals surface area contributed by atoms with Crippen molar-refractivity contribution in [3.63, 3.8) is 0 Å². The van der Waals surface area contributed by atoms with E-state index in [1.807, 2.05) is 0 Å². The van der Waals surface area contributed by atoms with Crippen molar-refractivity contribution < 1.29 is 19.6 Å². The lowest BCUT2D eigenvalue weighted by molar-refractivity contribution is -0.933. The fraction of sp³-hybridized carbons (Fsp3) is 0.556. The lowest BCUT2D eigenvalue weighted by atomic mass is 9.98. The van der Waals surface area contributed by atoms with Crippen molar-refractivity contribution in [1.82, 2.24) is 4.90 Å². The molecule has 2 rings (SSSR count). The number of nitrogens with one attached hydrogen (secondary N) is 1. The number of carboxylic acid groups (broad SMARTS) is 1. The van der Waals surface area contributed by atoms with E-state index < -0.39 is 5.97 Å². The highest BCUT2D eigenvalue weighted by atomic mass is 16.4. The highest BCUT2D eigenvalue weighted by molar-refractivity contribution is 5.80. The van der Waals surface area contributed by atoms with Crippen LogP contribution in [0.2, 0.25) is 0 Å². The molecule has 1 atom stereocenters. The Morgan fingerprint density at radius 3 is 2.43 bits per heavy atom. The van der Waals surface area contributed by atoms with Gasteiger partial charge in [-0.15, -0.1) is 0 Å². The third-order valence-electron chi connectivity index (χ3n) is 4.81. The minimum absolute atomic E-state index is 0.0459. The fourth-order valence-electron chi connectivity index (χ4n) is 3.37. The van der Waals surface area contributed by atoms with Gasteiger partial charge in [0, 0.05) is 18.0 Å². The van der Waals surface area contributed by atoms with Gasteiger partial charge < -0.3 is 19.7 Å². The highest BCUT2D eigenvalue weighted by Crippen LogP contribution is 2.16. The number of hydrogen-bond donors (Lipinski definition) is 1. The number of carbonyl (C=O) groups is 2. The van der Waals surface area contributed by atoms with Crippen molar-refractivity contribution in [3.05, 3.63) is 34.9 Å². The number of aryl methyl sites for hydroxylation is 2.